The topological polar surface area (TPSA) is 85.7 Å². The van der Waals surface area contributed by atoms with Gasteiger partial charge >= 0.3 is 0 Å². The summed E-state index contributed by atoms with van der Waals surface area (Å²) in [6.07, 6.45) is 0. The molecule has 250 valence electrons. The number of fused-ring (bicyclic) bond motifs is 6. The van der Waals surface area contributed by atoms with E-state index in [1.807, 2.05) is 54.6 Å². The van der Waals surface area contributed by atoms with Crippen LogP contribution in [0.25, 0.3) is 77.9 Å². The predicted molar refractivity (Wildman–Crippen MR) is 200 cm³/mol. The Hall–Kier alpha value is -6.74. The second-order valence-electron chi connectivity index (χ2n) is 12.2. The second-order valence-corrected chi connectivity index (χ2v) is 12.2. The van der Waals surface area contributed by atoms with E-state index in [0.29, 0.717) is 11.8 Å². The van der Waals surface area contributed by atoms with Crippen molar-refractivity contribution < 1.29 is 23.4 Å². The maximum atomic E-state index is 6.60. The first-order valence-corrected chi connectivity index (χ1v) is 16.5. The monoisotopic (exact) mass is 672 g/mol. The van der Waals surface area contributed by atoms with Gasteiger partial charge in [-0.2, -0.15) is 0 Å². The van der Waals surface area contributed by atoms with Crippen LogP contribution in [0.15, 0.2) is 126 Å². The minimum absolute atomic E-state index is 0.383. The zero-order valence-corrected chi connectivity index (χ0v) is 28.4. The lowest BCUT2D eigenvalue weighted by Gasteiger charge is -2.18. The van der Waals surface area contributed by atoms with E-state index >= 15 is 0 Å². The summed E-state index contributed by atoms with van der Waals surface area (Å²) in [7, 11) is 6.72. The maximum absolute atomic E-state index is 6.60. The first-order valence-electron chi connectivity index (χ1n) is 16.5. The minimum Gasteiger partial charge on any atom is -0.497 e. The maximum Gasteiger partial charge on any atom is 0.252 e. The molecule has 9 nitrogen and oxygen atoms in total. The third-order valence-electron chi connectivity index (χ3n) is 9.52. The number of hydrogen-bond donors (Lipinski definition) is 0. The van der Waals surface area contributed by atoms with Crippen molar-refractivity contribution in [3.63, 3.8) is 0 Å². The Morgan fingerprint density at radius 1 is 0.431 bits per heavy atom. The number of nitrogens with zero attached hydrogens (tertiary/aromatic N) is 4. The zero-order valence-electron chi connectivity index (χ0n) is 28.4. The lowest BCUT2D eigenvalue weighted by molar-refractivity contribution is 0.415. The van der Waals surface area contributed by atoms with Crippen LogP contribution >= 0.6 is 0 Å². The number of ether oxygens (including phenoxy) is 4. The molecule has 0 atom stereocenters. The molecule has 9 heteroatoms. The molecule has 6 aromatic carbocycles. The van der Waals surface area contributed by atoms with E-state index in [-0.39, 0.29) is 0 Å². The van der Waals surface area contributed by atoms with Gasteiger partial charge in [-0.3, -0.25) is 0 Å². The molecule has 0 unspecified atom stereocenters. The molecule has 0 aliphatic carbocycles. The highest BCUT2D eigenvalue weighted by Crippen LogP contribution is 2.44. The van der Waals surface area contributed by atoms with Crippen LogP contribution in [0.3, 0.4) is 0 Å². The Labute approximate surface area is 292 Å². The van der Waals surface area contributed by atoms with Crippen molar-refractivity contribution in [1.82, 2.24) is 19.3 Å². The van der Waals surface area contributed by atoms with Crippen molar-refractivity contribution in [2.75, 3.05) is 28.4 Å². The molecule has 51 heavy (non-hydrogen) atoms. The lowest BCUT2D eigenvalue weighted by atomic mass is 10.1. The summed E-state index contributed by atoms with van der Waals surface area (Å²) >= 11 is 0. The third-order valence-corrected chi connectivity index (χ3v) is 9.52. The first kappa shape index (κ1) is 30.3. The highest BCUT2D eigenvalue weighted by atomic mass is 16.5. The second kappa shape index (κ2) is 12.0. The third kappa shape index (κ3) is 4.77. The quantitative estimate of drug-likeness (QED) is 0.159. The van der Waals surface area contributed by atoms with Gasteiger partial charge in [0.05, 0.1) is 67.4 Å². The van der Waals surface area contributed by atoms with Gasteiger partial charge in [0.1, 0.15) is 23.0 Å². The molecule has 3 aromatic heterocycles. The number of rotatable bonds is 8. The minimum atomic E-state index is 0.383. The lowest BCUT2D eigenvalue weighted by Crippen LogP contribution is -2.04. The highest BCUT2D eigenvalue weighted by Gasteiger charge is 2.26. The average Bonchev–Trinajstić information content (AvgIpc) is 3.89. The summed E-state index contributed by atoms with van der Waals surface area (Å²) in [5, 5.41) is 13.3. The predicted octanol–water partition coefficient (Wildman–Crippen LogP) is 9.63. The molecule has 0 radical (unpaired) electrons. The molecule has 0 amide bonds. The average molecular weight is 673 g/mol. The summed E-state index contributed by atoms with van der Waals surface area (Å²) in [4.78, 5) is 0. The van der Waals surface area contributed by atoms with E-state index in [0.717, 1.165) is 89.1 Å². The first-order chi connectivity index (χ1) is 25.1. The Morgan fingerprint density at radius 3 is 1.22 bits per heavy atom. The van der Waals surface area contributed by atoms with Crippen LogP contribution in [0.1, 0.15) is 0 Å². The molecule has 0 bridgehead atoms. The number of methoxy groups -OCH3 is 4. The van der Waals surface area contributed by atoms with Gasteiger partial charge in [-0.05, 0) is 97.1 Å². The molecular weight excluding hydrogens is 640 g/mol. The van der Waals surface area contributed by atoms with Gasteiger partial charge < -0.3 is 32.5 Å². The fourth-order valence-electron chi connectivity index (χ4n) is 7.13. The van der Waals surface area contributed by atoms with Crippen LogP contribution in [0, 0.1) is 0 Å². The van der Waals surface area contributed by atoms with E-state index in [1.54, 1.807) is 28.4 Å². The van der Waals surface area contributed by atoms with Gasteiger partial charge in [0.2, 0.25) is 5.89 Å². The van der Waals surface area contributed by atoms with Gasteiger partial charge in [0.25, 0.3) is 5.89 Å². The van der Waals surface area contributed by atoms with E-state index in [2.05, 4.69) is 81.0 Å². The van der Waals surface area contributed by atoms with Crippen LogP contribution in [-0.4, -0.2) is 47.8 Å². The fraction of sp³-hybridized carbons (Fsp3) is 0.0952. The van der Waals surface area contributed by atoms with Crippen molar-refractivity contribution in [2.24, 2.45) is 0 Å². The Morgan fingerprint density at radius 2 is 0.824 bits per heavy atom. The molecule has 0 aliphatic rings. The van der Waals surface area contributed by atoms with Crippen LogP contribution in [-0.2, 0) is 0 Å². The van der Waals surface area contributed by atoms with Gasteiger partial charge in [0.15, 0.2) is 0 Å². The zero-order chi connectivity index (χ0) is 34.6. The Kier molecular flexibility index (Phi) is 7.13. The van der Waals surface area contributed by atoms with Gasteiger partial charge in [-0.15, -0.1) is 10.2 Å². The van der Waals surface area contributed by atoms with Crippen molar-refractivity contribution in [3.8, 4) is 57.3 Å². The number of benzene rings is 6. The molecule has 0 saturated carbocycles. The molecular formula is C42H32N4O5. The molecule has 0 spiro atoms. The van der Waals surface area contributed by atoms with Crippen LogP contribution in [0.4, 0.5) is 0 Å². The molecule has 0 saturated heterocycles. The Bertz CT molecular complexity index is 2490. The fourth-order valence-corrected chi connectivity index (χ4v) is 7.13. The standard InChI is InChI=1S/C42H32N4O5/c1-47-26-13-17-34-30(21-26)31-22-27(48-2)14-18-35(31)45(34)38-11-8-12-39(40(38)42-44-43-41(51-42)25-9-6-5-7-10-25)46-36-19-15-28(49-3)23-32(36)33-24-29(50-4)16-20-37(33)46/h5-24H,1-4H3. The van der Waals surface area contributed by atoms with Crippen molar-refractivity contribution >= 4 is 43.6 Å². The summed E-state index contributed by atoms with van der Waals surface area (Å²) in [5.74, 6) is 3.86. The molecule has 0 aliphatic heterocycles. The molecule has 9 rings (SSSR count). The van der Waals surface area contributed by atoms with Gasteiger partial charge in [-0.1, -0.05) is 24.3 Å². The van der Waals surface area contributed by atoms with Crippen molar-refractivity contribution in [1.29, 1.82) is 0 Å². The summed E-state index contributed by atoms with van der Waals surface area (Å²) in [6.45, 7) is 0. The van der Waals surface area contributed by atoms with Crippen LogP contribution < -0.4 is 18.9 Å². The van der Waals surface area contributed by atoms with Gasteiger partial charge in [0, 0.05) is 27.1 Å². The van der Waals surface area contributed by atoms with E-state index in [4.69, 9.17) is 28.5 Å². The summed E-state index contributed by atoms with van der Waals surface area (Å²) in [6, 6.07) is 40.6. The highest BCUT2D eigenvalue weighted by molar-refractivity contribution is 6.12. The molecule has 9 aromatic rings. The van der Waals surface area contributed by atoms with Crippen LogP contribution in [0.5, 0.6) is 23.0 Å². The van der Waals surface area contributed by atoms with Crippen LogP contribution in [0.2, 0.25) is 0 Å². The normalized spacial score (nSPS) is 11.5. The number of aromatic nitrogens is 4. The molecule has 0 N–H and O–H groups in total. The SMILES string of the molecule is COc1ccc2c(c1)c1cc(OC)ccc1n2-c1cccc(-n2c3ccc(OC)cc3c3cc(OC)ccc32)c1-c1nnc(-c2ccccc2)o1. The smallest absolute Gasteiger partial charge is 0.252 e. The number of hydrogen-bond acceptors (Lipinski definition) is 7. The summed E-state index contributed by atoms with van der Waals surface area (Å²) < 4.78 is 33.8. The van der Waals surface area contributed by atoms with Crippen molar-refractivity contribution in [2.45, 2.75) is 0 Å². The molecule has 0 fully saturated rings. The van der Waals surface area contributed by atoms with E-state index < -0.39 is 0 Å². The van der Waals surface area contributed by atoms with E-state index in [9.17, 15) is 0 Å². The molecule has 3 heterocycles. The van der Waals surface area contributed by atoms with E-state index in [1.165, 1.54) is 0 Å². The Balaban J connectivity index is 1.41. The summed E-state index contributed by atoms with van der Waals surface area (Å²) in [5.41, 5.74) is 7.26. The van der Waals surface area contributed by atoms with Gasteiger partial charge in [-0.25, -0.2) is 0 Å². The largest absolute Gasteiger partial charge is 0.497 e. The van der Waals surface area contributed by atoms with Crippen molar-refractivity contribution in [3.05, 3.63) is 121 Å².